The van der Waals surface area contributed by atoms with Gasteiger partial charge in [0, 0.05) is 21.0 Å². The van der Waals surface area contributed by atoms with E-state index in [1.54, 1.807) is 0 Å². The molecule has 0 atom stereocenters. The Morgan fingerprint density at radius 1 is 1.26 bits per heavy atom. The number of nitrogens with zero attached hydrogens (tertiary/aromatic N) is 2. The van der Waals surface area contributed by atoms with Crippen LogP contribution in [0.5, 0.6) is 5.88 Å². The standard InChI is InChI=1S/C16H13Cl2F2N3O4/c1-6(24)21-10-5-9(22-15(12(10)18)27-16(25)26)11-8(19)4-7(17)14(13(11)20)23(2)3/h4-5H,1-3H3,(H,25,26)(H,21,22,24). The Labute approximate surface area is 162 Å². The van der Waals surface area contributed by atoms with E-state index in [2.05, 4.69) is 15.0 Å². The van der Waals surface area contributed by atoms with Crippen LogP contribution in [0, 0.1) is 11.6 Å². The molecule has 1 heterocycles. The van der Waals surface area contributed by atoms with Gasteiger partial charge in [-0.3, -0.25) is 4.79 Å². The smallest absolute Gasteiger partial charge is 0.449 e. The normalized spacial score (nSPS) is 10.5. The van der Waals surface area contributed by atoms with Gasteiger partial charge in [-0.2, -0.15) is 0 Å². The molecule has 0 saturated carbocycles. The van der Waals surface area contributed by atoms with Gasteiger partial charge in [0.15, 0.2) is 5.82 Å². The van der Waals surface area contributed by atoms with Crippen LogP contribution in [0.3, 0.4) is 0 Å². The highest BCUT2D eigenvalue weighted by Crippen LogP contribution is 2.40. The first kappa shape index (κ1) is 20.7. The summed E-state index contributed by atoms with van der Waals surface area (Å²) in [5.41, 5.74) is -1.19. The first-order chi connectivity index (χ1) is 12.5. The number of carbonyl (C=O) groups is 2. The van der Waals surface area contributed by atoms with Gasteiger partial charge >= 0.3 is 6.16 Å². The van der Waals surface area contributed by atoms with Crippen molar-refractivity contribution in [2.75, 3.05) is 24.3 Å². The van der Waals surface area contributed by atoms with Crippen LogP contribution in [-0.4, -0.2) is 36.2 Å². The number of ether oxygens (including phenoxy) is 1. The number of hydrogen-bond acceptors (Lipinski definition) is 5. The molecule has 7 nitrogen and oxygen atoms in total. The molecule has 0 unspecified atom stereocenters. The van der Waals surface area contributed by atoms with Crippen molar-refractivity contribution in [3.8, 4) is 17.1 Å². The first-order valence-corrected chi connectivity index (χ1v) is 8.02. The van der Waals surface area contributed by atoms with E-state index in [9.17, 15) is 18.4 Å². The summed E-state index contributed by atoms with van der Waals surface area (Å²) >= 11 is 11.9. The van der Waals surface area contributed by atoms with E-state index < -0.39 is 35.1 Å². The van der Waals surface area contributed by atoms with E-state index in [1.807, 2.05) is 0 Å². The number of carboxylic acid groups (broad SMARTS) is 1. The topological polar surface area (TPSA) is 91.8 Å². The van der Waals surface area contributed by atoms with E-state index in [0.29, 0.717) is 0 Å². The second-order valence-electron chi connectivity index (χ2n) is 5.50. The second-order valence-corrected chi connectivity index (χ2v) is 6.28. The van der Waals surface area contributed by atoms with E-state index in [-0.39, 0.29) is 27.1 Å². The van der Waals surface area contributed by atoms with Gasteiger partial charge in [0.25, 0.3) is 0 Å². The van der Waals surface area contributed by atoms with Crippen molar-refractivity contribution in [2.24, 2.45) is 0 Å². The molecule has 0 aliphatic carbocycles. The number of nitrogens with one attached hydrogen (secondary N) is 1. The maximum absolute atomic E-state index is 14.9. The molecular formula is C16H13Cl2F2N3O4. The molecule has 144 valence electrons. The number of pyridine rings is 1. The highest BCUT2D eigenvalue weighted by Gasteiger charge is 2.24. The summed E-state index contributed by atoms with van der Waals surface area (Å²) in [4.78, 5) is 27.3. The van der Waals surface area contributed by atoms with E-state index in [0.717, 1.165) is 12.1 Å². The van der Waals surface area contributed by atoms with Crippen molar-refractivity contribution in [3.05, 3.63) is 33.8 Å². The average molecular weight is 420 g/mol. The third-order valence-corrected chi connectivity index (χ3v) is 3.92. The van der Waals surface area contributed by atoms with Crippen molar-refractivity contribution < 1.29 is 28.2 Å². The van der Waals surface area contributed by atoms with Gasteiger partial charge < -0.3 is 20.1 Å². The predicted octanol–water partition coefficient (Wildman–Crippen LogP) is 4.41. The quantitative estimate of drug-likeness (QED) is 0.712. The summed E-state index contributed by atoms with van der Waals surface area (Å²) in [6, 6.07) is 1.98. The van der Waals surface area contributed by atoms with E-state index in [4.69, 9.17) is 28.3 Å². The fourth-order valence-corrected chi connectivity index (χ4v) is 2.82. The molecule has 2 aromatic rings. The van der Waals surface area contributed by atoms with Crippen LogP contribution in [0.25, 0.3) is 11.3 Å². The molecule has 11 heteroatoms. The molecule has 0 aliphatic rings. The Balaban J connectivity index is 2.80. The van der Waals surface area contributed by atoms with E-state index in [1.165, 1.54) is 25.9 Å². The fraction of sp³-hybridized carbons (Fsp3) is 0.188. The minimum atomic E-state index is -1.75. The highest BCUT2D eigenvalue weighted by molar-refractivity contribution is 6.35. The molecule has 1 amide bonds. The van der Waals surface area contributed by atoms with Crippen LogP contribution in [0.1, 0.15) is 6.92 Å². The maximum Gasteiger partial charge on any atom is 0.512 e. The summed E-state index contributed by atoms with van der Waals surface area (Å²) < 4.78 is 33.9. The van der Waals surface area contributed by atoms with Gasteiger partial charge in [-0.25, -0.2) is 18.6 Å². The van der Waals surface area contributed by atoms with Crippen LogP contribution < -0.4 is 15.0 Å². The van der Waals surface area contributed by atoms with Gasteiger partial charge in [0.2, 0.25) is 11.8 Å². The van der Waals surface area contributed by atoms with Gasteiger partial charge in [0.05, 0.1) is 27.7 Å². The van der Waals surface area contributed by atoms with Crippen molar-refractivity contribution in [1.82, 2.24) is 4.98 Å². The molecule has 0 fully saturated rings. The first-order valence-electron chi connectivity index (χ1n) is 7.27. The van der Waals surface area contributed by atoms with Crippen LogP contribution in [0.15, 0.2) is 12.1 Å². The molecule has 0 spiro atoms. The van der Waals surface area contributed by atoms with Crippen LogP contribution >= 0.6 is 23.2 Å². The number of halogens is 4. The average Bonchev–Trinajstić information content (AvgIpc) is 2.49. The maximum atomic E-state index is 14.9. The molecule has 2 N–H and O–H groups in total. The van der Waals surface area contributed by atoms with E-state index >= 15 is 0 Å². The summed E-state index contributed by atoms with van der Waals surface area (Å²) in [5, 5.41) is 10.6. The fourth-order valence-electron chi connectivity index (χ4n) is 2.29. The Hall–Kier alpha value is -2.65. The summed E-state index contributed by atoms with van der Waals surface area (Å²) in [6.07, 6.45) is -1.75. The molecule has 1 aromatic heterocycles. The van der Waals surface area contributed by atoms with Crippen molar-refractivity contribution in [2.45, 2.75) is 6.92 Å². The number of hydrogen-bond donors (Lipinski definition) is 2. The van der Waals surface area contributed by atoms with Crippen molar-refractivity contribution >= 4 is 46.6 Å². The van der Waals surface area contributed by atoms with Gasteiger partial charge in [-0.05, 0) is 12.1 Å². The molecule has 2 rings (SSSR count). The molecular weight excluding hydrogens is 407 g/mol. The van der Waals surface area contributed by atoms with Crippen molar-refractivity contribution in [3.63, 3.8) is 0 Å². The van der Waals surface area contributed by atoms with Crippen LogP contribution in [0.4, 0.5) is 25.0 Å². The van der Waals surface area contributed by atoms with Crippen molar-refractivity contribution in [1.29, 1.82) is 0 Å². The molecule has 0 bridgehead atoms. The zero-order valence-electron chi connectivity index (χ0n) is 14.2. The number of benzene rings is 1. The minimum Gasteiger partial charge on any atom is -0.449 e. The van der Waals surface area contributed by atoms with Gasteiger partial charge in [-0.15, -0.1) is 0 Å². The Morgan fingerprint density at radius 3 is 2.41 bits per heavy atom. The van der Waals surface area contributed by atoms with Crippen LogP contribution in [-0.2, 0) is 4.79 Å². The zero-order valence-corrected chi connectivity index (χ0v) is 15.7. The lowest BCUT2D eigenvalue weighted by Gasteiger charge is -2.19. The Kier molecular flexibility index (Phi) is 6.07. The zero-order chi connectivity index (χ0) is 20.5. The third-order valence-electron chi connectivity index (χ3n) is 3.27. The number of aromatic nitrogens is 1. The lowest BCUT2D eigenvalue weighted by atomic mass is 10.1. The monoisotopic (exact) mass is 419 g/mol. The number of amides is 1. The SMILES string of the molecule is CC(=O)Nc1cc(-c2c(F)cc(Cl)c(N(C)C)c2F)nc(OC(=O)O)c1Cl. The number of rotatable bonds is 4. The number of carbonyl (C=O) groups excluding carboxylic acids is 1. The molecule has 0 radical (unpaired) electrons. The predicted molar refractivity (Wildman–Crippen MR) is 96.9 cm³/mol. The Morgan fingerprint density at radius 2 is 1.89 bits per heavy atom. The summed E-state index contributed by atoms with van der Waals surface area (Å²) in [7, 11) is 3.01. The molecule has 1 aromatic carbocycles. The molecule has 0 saturated heterocycles. The molecule has 27 heavy (non-hydrogen) atoms. The lowest BCUT2D eigenvalue weighted by Crippen LogP contribution is -2.14. The largest absolute Gasteiger partial charge is 0.512 e. The molecule has 0 aliphatic heterocycles. The summed E-state index contributed by atoms with van der Waals surface area (Å²) in [6.45, 7) is 1.17. The number of anilines is 2. The van der Waals surface area contributed by atoms with Gasteiger partial charge in [0.1, 0.15) is 10.8 Å². The minimum absolute atomic E-state index is 0.105. The Bertz CT molecular complexity index is 901. The van der Waals surface area contributed by atoms with Gasteiger partial charge in [-0.1, -0.05) is 23.2 Å². The second kappa shape index (κ2) is 7.93. The third kappa shape index (κ3) is 4.37. The van der Waals surface area contributed by atoms with Crippen LogP contribution in [0.2, 0.25) is 10.0 Å². The lowest BCUT2D eigenvalue weighted by molar-refractivity contribution is -0.114. The highest BCUT2D eigenvalue weighted by atomic mass is 35.5. The summed E-state index contributed by atoms with van der Waals surface area (Å²) in [5.74, 6) is -3.28.